The van der Waals surface area contributed by atoms with Gasteiger partial charge in [0, 0.05) is 0 Å². The molecule has 2 aromatic carbocycles. The van der Waals surface area contributed by atoms with Crippen molar-refractivity contribution in [3.05, 3.63) is 84.5 Å². The van der Waals surface area contributed by atoms with Gasteiger partial charge in [0.15, 0.2) is 0 Å². The molecule has 0 bridgehead atoms. The second-order valence-corrected chi connectivity index (χ2v) is 12.7. The van der Waals surface area contributed by atoms with Crippen molar-refractivity contribution in [3.63, 3.8) is 0 Å². The maximum atomic E-state index is 10.6. The minimum absolute atomic E-state index is 0.000693. The van der Waals surface area contributed by atoms with Crippen LogP contribution < -0.4 is 10.4 Å². The Balaban J connectivity index is 2.17. The lowest BCUT2D eigenvalue weighted by Gasteiger charge is -2.42. The van der Waals surface area contributed by atoms with Crippen LogP contribution >= 0.6 is 0 Å². The highest BCUT2D eigenvalue weighted by Crippen LogP contribution is 2.36. The molecule has 0 aliphatic heterocycles. The summed E-state index contributed by atoms with van der Waals surface area (Å²) in [4.78, 5) is 10.6. The molecule has 2 aromatic rings. The first-order valence-electron chi connectivity index (χ1n) is 10.4. The van der Waals surface area contributed by atoms with Crippen LogP contribution in [0.25, 0.3) is 0 Å². The van der Waals surface area contributed by atoms with Crippen LogP contribution in [0.3, 0.4) is 0 Å². The predicted octanol–water partition coefficient (Wildman–Crippen LogP) is 5.43. The Hall–Kier alpha value is -2.23. The van der Waals surface area contributed by atoms with Gasteiger partial charge in [-0.3, -0.25) is 4.79 Å². The Morgan fingerprint density at radius 2 is 1.45 bits per heavy atom. The van der Waals surface area contributed by atoms with Crippen LogP contribution in [0.2, 0.25) is 5.04 Å². The van der Waals surface area contributed by atoms with Crippen molar-refractivity contribution in [3.8, 4) is 0 Å². The summed E-state index contributed by atoms with van der Waals surface area (Å²) in [6, 6.07) is 21.4. The second kappa shape index (κ2) is 11.1. The highest BCUT2D eigenvalue weighted by molar-refractivity contribution is 6.99. The Bertz CT molecular complexity index is 762. The first kappa shape index (κ1) is 23.0. The predicted molar refractivity (Wildman–Crippen MR) is 126 cm³/mol. The highest BCUT2D eigenvalue weighted by atomic mass is 28.4. The number of hydrogen-bond donors (Lipinski definition) is 0. The van der Waals surface area contributed by atoms with Gasteiger partial charge in [0.2, 0.25) is 0 Å². The molecule has 3 heteroatoms. The molecule has 0 heterocycles. The Morgan fingerprint density at radius 1 is 0.897 bits per heavy atom. The molecule has 154 valence electrons. The van der Waals surface area contributed by atoms with Gasteiger partial charge in [-0.2, -0.15) is 0 Å². The molecule has 2 rings (SSSR count). The largest absolute Gasteiger partial charge is 0.404 e. The zero-order valence-corrected chi connectivity index (χ0v) is 19.2. The summed E-state index contributed by atoms with van der Waals surface area (Å²) in [6.45, 7) is 9.34. The van der Waals surface area contributed by atoms with Crippen LogP contribution in [0.5, 0.6) is 0 Å². The lowest BCUT2D eigenvalue weighted by atomic mass is 10.2. The Morgan fingerprint density at radius 3 is 1.93 bits per heavy atom. The summed E-state index contributed by atoms with van der Waals surface area (Å²) >= 11 is 0. The molecular weight excluding hydrogens is 372 g/mol. The molecule has 0 fully saturated rings. The molecule has 0 atom stereocenters. The maximum Gasteiger partial charge on any atom is 0.261 e. The van der Waals surface area contributed by atoms with Gasteiger partial charge in [0.1, 0.15) is 6.29 Å². The molecule has 0 amide bonds. The van der Waals surface area contributed by atoms with Crippen LogP contribution in [-0.2, 0) is 9.22 Å². The number of carbonyl (C=O) groups excluding carboxylic acids is 1. The summed E-state index contributed by atoms with van der Waals surface area (Å²) in [5, 5.41) is 2.61. The molecule has 2 nitrogen and oxygen atoms in total. The monoisotopic (exact) mass is 406 g/mol. The minimum Gasteiger partial charge on any atom is -0.404 e. The first-order valence-corrected chi connectivity index (χ1v) is 12.3. The Kier molecular flexibility index (Phi) is 8.81. The summed E-state index contributed by atoms with van der Waals surface area (Å²) < 4.78 is 6.82. The van der Waals surface area contributed by atoms with E-state index in [0.717, 1.165) is 31.1 Å². The molecule has 0 N–H and O–H groups in total. The van der Waals surface area contributed by atoms with Gasteiger partial charge in [-0.15, -0.1) is 0 Å². The van der Waals surface area contributed by atoms with E-state index in [0.29, 0.717) is 6.61 Å². The number of benzene rings is 2. The molecule has 0 unspecified atom stereocenters. The van der Waals surface area contributed by atoms with E-state index < -0.39 is 8.32 Å². The van der Waals surface area contributed by atoms with E-state index in [4.69, 9.17) is 4.43 Å². The summed E-state index contributed by atoms with van der Waals surface area (Å²) in [5.74, 6) is 0. The zero-order valence-electron chi connectivity index (χ0n) is 18.2. The van der Waals surface area contributed by atoms with E-state index in [1.54, 1.807) is 0 Å². The number of unbranched alkanes of at least 4 members (excludes halogenated alkanes) is 2. The molecule has 0 saturated heterocycles. The van der Waals surface area contributed by atoms with E-state index in [1.165, 1.54) is 10.4 Å². The van der Waals surface area contributed by atoms with Gasteiger partial charge in [-0.05, 0) is 47.2 Å². The van der Waals surface area contributed by atoms with Gasteiger partial charge in [-0.25, -0.2) is 0 Å². The Labute approximate surface area is 177 Å². The maximum absolute atomic E-state index is 10.6. The van der Waals surface area contributed by atoms with Gasteiger partial charge in [-0.1, -0.05) is 99.7 Å². The number of aldehydes is 1. The number of hydrogen-bond acceptors (Lipinski definition) is 2. The molecule has 0 radical (unpaired) electrons. The van der Waals surface area contributed by atoms with Crippen molar-refractivity contribution in [2.24, 2.45) is 0 Å². The normalized spacial score (nSPS) is 13.0. The lowest BCUT2D eigenvalue weighted by Crippen LogP contribution is -2.66. The van der Waals surface area contributed by atoms with Crippen LogP contribution in [0.15, 0.2) is 84.5 Å². The van der Waals surface area contributed by atoms with Crippen LogP contribution in [0, 0.1) is 0 Å². The van der Waals surface area contributed by atoms with Crippen molar-refractivity contribution < 1.29 is 9.22 Å². The molecule has 0 spiro atoms. The number of carbonyl (C=O) groups is 1. The van der Waals surface area contributed by atoms with E-state index in [-0.39, 0.29) is 5.04 Å². The summed E-state index contributed by atoms with van der Waals surface area (Å²) in [7, 11) is -2.44. The minimum atomic E-state index is -2.44. The van der Waals surface area contributed by atoms with Crippen molar-refractivity contribution in [1.29, 1.82) is 0 Å². The molecule has 0 aliphatic carbocycles. The third kappa shape index (κ3) is 6.12. The van der Waals surface area contributed by atoms with Gasteiger partial charge < -0.3 is 4.43 Å². The quantitative estimate of drug-likeness (QED) is 0.173. The topological polar surface area (TPSA) is 26.3 Å². The molecule has 0 aromatic heterocycles. The van der Waals surface area contributed by atoms with E-state index >= 15 is 0 Å². The highest BCUT2D eigenvalue weighted by Gasteiger charge is 2.49. The fourth-order valence-electron chi connectivity index (χ4n) is 3.73. The van der Waals surface area contributed by atoms with E-state index in [1.807, 2.05) is 13.0 Å². The second-order valence-electron chi connectivity index (χ2n) is 8.44. The van der Waals surface area contributed by atoms with Crippen LogP contribution in [-0.4, -0.2) is 21.2 Å². The number of rotatable bonds is 10. The molecular formula is C26H34O2Si. The average molecular weight is 407 g/mol. The SMILES string of the molecule is C/C(C=O)=C\CCC/C=C/CO[Si](c1ccccc1)(c1ccccc1)C(C)(C)C. The fraction of sp³-hybridized carbons (Fsp3) is 0.346. The summed E-state index contributed by atoms with van der Waals surface area (Å²) in [6.07, 6.45) is 10.2. The first-order chi connectivity index (χ1) is 13.9. The third-order valence-electron chi connectivity index (χ3n) is 5.21. The van der Waals surface area contributed by atoms with Crippen molar-refractivity contribution in [2.75, 3.05) is 6.61 Å². The third-order valence-corrected chi connectivity index (χ3v) is 10.2. The van der Waals surface area contributed by atoms with Gasteiger partial charge in [0.05, 0.1) is 6.61 Å². The van der Waals surface area contributed by atoms with E-state index in [9.17, 15) is 4.79 Å². The van der Waals surface area contributed by atoms with Crippen LogP contribution in [0.4, 0.5) is 0 Å². The average Bonchev–Trinajstić information content (AvgIpc) is 2.73. The van der Waals surface area contributed by atoms with Gasteiger partial charge in [0.25, 0.3) is 8.32 Å². The van der Waals surface area contributed by atoms with Crippen molar-refractivity contribution >= 4 is 25.0 Å². The van der Waals surface area contributed by atoms with Crippen molar-refractivity contribution in [2.45, 2.75) is 52.0 Å². The summed E-state index contributed by atoms with van der Waals surface area (Å²) in [5.41, 5.74) is 0.809. The molecule has 0 saturated carbocycles. The molecule has 0 aliphatic rings. The van der Waals surface area contributed by atoms with Crippen molar-refractivity contribution in [1.82, 2.24) is 0 Å². The smallest absolute Gasteiger partial charge is 0.261 e. The fourth-order valence-corrected chi connectivity index (χ4v) is 8.24. The van der Waals surface area contributed by atoms with Gasteiger partial charge >= 0.3 is 0 Å². The lowest BCUT2D eigenvalue weighted by molar-refractivity contribution is -0.104. The van der Waals surface area contributed by atoms with Crippen LogP contribution in [0.1, 0.15) is 47.0 Å². The standard InChI is InChI=1S/C26H34O2Si/c1-23(22-27)16-10-6-5-7-15-21-28-29(26(2,3)4,24-17-11-8-12-18-24)25-19-13-9-14-20-25/h7-9,11-20,22H,5-6,10,21H2,1-4H3/b15-7+,23-16+. The van der Waals surface area contributed by atoms with E-state index in [2.05, 4.69) is 93.6 Å². The number of allylic oxidation sites excluding steroid dienone is 3. The molecule has 29 heavy (non-hydrogen) atoms. The zero-order chi connectivity index (χ0) is 21.2.